The summed E-state index contributed by atoms with van der Waals surface area (Å²) in [5.74, 6) is -0.850. The number of allylic oxidation sites excluding steroid dienone is 2. The number of hydrogen-bond donors (Lipinski definition) is 0. The fourth-order valence-corrected chi connectivity index (χ4v) is 8.85. The van der Waals surface area contributed by atoms with E-state index < -0.39 is 6.10 Å². The molecule has 0 aromatic heterocycles. The first kappa shape index (κ1) is 63.1. The van der Waals surface area contributed by atoms with Crippen LogP contribution in [0.5, 0.6) is 0 Å². The summed E-state index contributed by atoms with van der Waals surface area (Å²) in [5.41, 5.74) is 0. The zero-order valence-corrected chi connectivity index (χ0v) is 44.0. The van der Waals surface area contributed by atoms with E-state index in [4.69, 9.17) is 14.2 Å². The maximum absolute atomic E-state index is 12.8. The minimum absolute atomic E-state index is 0.0673. The van der Waals surface area contributed by atoms with Gasteiger partial charge in [0.15, 0.2) is 6.10 Å². The number of ether oxygens (including phenoxy) is 3. The van der Waals surface area contributed by atoms with Gasteiger partial charge in [0.05, 0.1) is 0 Å². The minimum Gasteiger partial charge on any atom is -0.462 e. The second-order valence-corrected chi connectivity index (χ2v) is 19.9. The van der Waals surface area contributed by atoms with Crippen LogP contribution in [0.3, 0.4) is 0 Å². The summed E-state index contributed by atoms with van der Waals surface area (Å²) in [6, 6.07) is 0. The highest BCUT2D eigenvalue weighted by molar-refractivity contribution is 5.71. The number of rotatable bonds is 54. The van der Waals surface area contributed by atoms with Crippen LogP contribution in [0.25, 0.3) is 0 Å². The molecule has 0 aliphatic carbocycles. The average Bonchev–Trinajstić information content (AvgIpc) is 3.30. The van der Waals surface area contributed by atoms with Gasteiger partial charge < -0.3 is 14.2 Å². The maximum atomic E-state index is 12.8. The van der Waals surface area contributed by atoms with Crippen molar-refractivity contribution >= 4 is 17.9 Å². The molecule has 0 saturated carbocycles. The Balaban J connectivity index is 4.32. The molecule has 1 atom stereocenters. The van der Waals surface area contributed by atoms with Crippen molar-refractivity contribution in [2.75, 3.05) is 13.2 Å². The lowest BCUT2D eigenvalue weighted by atomic mass is 10.0. The molecular weight excluding hydrogens is 805 g/mol. The van der Waals surface area contributed by atoms with Gasteiger partial charge >= 0.3 is 17.9 Å². The quantitative estimate of drug-likeness (QED) is 0.0262. The molecule has 0 aromatic carbocycles. The van der Waals surface area contributed by atoms with Gasteiger partial charge in [-0.2, -0.15) is 0 Å². The third-order valence-electron chi connectivity index (χ3n) is 13.3. The Hall–Kier alpha value is -1.85. The van der Waals surface area contributed by atoms with Crippen LogP contribution in [-0.2, 0) is 28.6 Å². The van der Waals surface area contributed by atoms with Crippen LogP contribution in [0.1, 0.15) is 329 Å². The summed E-state index contributed by atoms with van der Waals surface area (Å²) in [4.78, 5) is 38.1. The summed E-state index contributed by atoms with van der Waals surface area (Å²) >= 11 is 0. The van der Waals surface area contributed by atoms with Crippen molar-refractivity contribution in [1.82, 2.24) is 0 Å². The van der Waals surface area contributed by atoms with Crippen molar-refractivity contribution in [3.05, 3.63) is 12.2 Å². The lowest BCUT2D eigenvalue weighted by molar-refractivity contribution is -0.167. The molecule has 384 valence electrons. The normalized spacial score (nSPS) is 12.0. The Morgan fingerprint density at radius 2 is 0.508 bits per heavy atom. The lowest BCUT2D eigenvalue weighted by Crippen LogP contribution is -2.30. The van der Waals surface area contributed by atoms with E-state index in [-0.39, 0.29) is 31.1 Å². The predicted octanol–water partition coefficient (Wildman–Crippen LogP) is 19.3. The van der Waals surface area contributed by atoms with Crippen molar-refractivity contribution in [1.29, 1.82) is 0 Å². The molecule has 0 heterocycles. The Bertz CT molecular complexity index is 1010. The molecule has 1 unspecified atom stereocenters. The molecule has 6 nitrogen and oxygen atoms in total. The Kier molecular flexibility index (Phi) is 53.2. The molecule has 0 aliphatic rings. The van der Waals surface area contributed by atoms with Crippen LogP contribution in [0.2, 0.25) is 0 Å². The number of hydrogen-bond acceptors (Lipinski definition) is 6. The van der Waals surface area contributed by atoms with Gasteiger partial charge in [0.1, 0.15) is 13.2 Å². The molecule has 6 heteroatoms. The number of unbranched alkanes of at least 4 members (excludes halogenated alkanes) is 41. The number of carbonyl (C=O) groups is 3. The average molecular weight is 918 g/mol. The molecular formula is C59H112O6. The van der Waals surface area contributed by atoms with E-state index in [1.54, 1.807) is 0 Å². The third kappa shape index (κ3) is 53.0. The summed E-state index contributed by atoms with van der Waals surface area (Å²) in [6.45, 7) is 6.69. The van der Waals surface area contributed by atoms with E-state index in [0.717, 1.165) is 64.2 Å². The van der Waals surface area contributed by atoms with E-state index >= 15 is 0 Å². The number of esters is 3. The molecule has 0 aromatic rings. The molecule has 0 saturated heterocycles. The highest BCUT2D eigenvalue weighted by Crippen LogP contribution is 2.17. The second-order valence-electron chi connectivity index (χ2n) is 19.9. The van der Waals surface area contributed by atoms with Crippen molar-refractivity contribution in [3.63, 3.8) is 0 Å². The van der Waals surface area contributed by atoms with Gasteiger partial charge in [0.2, 0.25) is 0 Å². The van der Waals surface area contributed by atoms with Crippen LogP contribution in [0.15, 0.2) is 12.2 Å². The molecule has 65 heavy (non-hydrogen) atoms. The standard InChI is InChI=1S/C59H112O6/c1-4-7-10-13-16-19-22-25-28-29-32-34-37-40-43-46-49-52-58(61)64-55-56(65-59(62)53-50-47-44-41-38-35-31-27-24-21-18-15-12-9-6-3)54-63-57(60)51-48-45-42-39-36-33-30-26-23-20-17-14-11-8-5-2/h27,31,56H,4-26,28-30,32-55H2,1-3H3/b31-27+. The summed E-state index contributed by atoms with van der Waals surface area (Å²) in [5, 5.41) is 0. The molecule has 0 rings (SSSR count). The molecule has 0 radical (unpaired) electrons. The van der Waals surface area contributed by atoms with E-state index in [0.29, 0.717) is 19.3 Å². The van der Waals surface area contributed by atoms with Gasteiger partial charge in [0.25, 0.3) is 0 Å². The van der Waals surface area contributed by atoms with E-state index in [1.165, 1.54) is 225 Å². The Labute approximate surface area is 405 Å². The minimum atomic E-state index is -0.768. The van der Waals surface area contributed by atoms with E-state index in [1.807, 2.05) is 0 Å². The third-order valence-corrected chi connectivity index (χ3v) is 13.3. The summed E-state index contributed by atoms with van der Waals surface area (Å²) in [7, 11) is 0. The van der Waals surface area contributed by atoms with Crippen LogP contribution < -0.4 is 0 Å². The Morgan fingerprint density at radius 1 is 0.292 bits per heavy atom. The SMILES string of the molecule is CCCCCCCC/C=C/CCCCCCCC(=O)OC(COC(=O)CCCCCCCCCCCCCCCCC)COC(=O)CCCCCCCCCCCCCCCCCCC. The first-order chi connectivity index (χ1) is 32.0. The van der Waals surface area contributed by atoms with Gasteiger partial charge in [-0.3, -0.25) is 14.4 Å². The molecule has 0 spiro atoms. The van der Waals surface area contributed by atoms with E-state index in [9.17, 15) is 14.4 Å². The molecule has 0 N–H and O–H groups in total. The van der Waals surface area contributed by atoms with Crippen molar-refractivity contribution in [3.8, 4) is 0 Å². The van der Waals surface area contributed by atoms with Gasteiger partial charge in [-0.15, -0.1) is 0 Å². The van der Waals surface area contributed by atoms with Gasteiger partial charge in [-0.05, 0) is 44.9 Å². The smallest absolute Gasteiger partial charge is 0.306 e. The van der Waals surface area contributed by atoms with Crippen LogP contribution >= 0.6 is 0 Å². The largest absolute Gasteiger partial charge is 0.462 e. The highest BCUT2D eigenvalue weighted by atomic mass is 16.6. The topological polar surface area (TPSA) is 78.9 Å². The van der Waals surface area contributed by atoms with Gasteiger partial charge in [0, 0.05) is 19.3 Å². The van der Waals surface area contributed by atoms with E-state index in [2.05, 4.69) is 32.9 Å². The molecule has 0 aliphatic heterocycles. The monoisotopic (exact) mass is 917 g/mol. The van der Waals surface area contributed by atoms with Crippen molar-refractivity contribution in [2.45, 2.75) is 335 Å². The lowest BCUT2D eigenvalue weighted by Gasteiger charge is -2.18. The summed E-state index contributed by atoms with van der Waals surface area (Å²) in [6.07, 6.45) is 62.0. The first-order valence-corrected chi connectivity index (χ1v) is 29.2. The number of carbonyl (C=O) groups excluding carboxylic acids is 3. The van der Waals surface area contributed by atoms with Gasteiger partial charge in [-0.25, -0.2) is 0 Å². The fourth-order valence-electron chi connectivity index (χ4n) is 8.85. The fraction of sp³-hybridized carbons (Fsp3) is 0.915. The molecule has 0 fully saturated rings. The zero-order chi connectivity index (χ0) is 47.2. The highest BCUT2D eigenvalue weighted by Gasteiger charge is 2.19. The molecule has 0 bridgehead atoms. The van der Waals surface area contributed by atoms with Crippen LogP contribution in [-0.4, -0.2) is 37.2 Å². The second kappa shape index (κ2) is 54.8. The Morgan fingerprint density at radius 3 is 0.769 bits per heavy atom. The first-order valence-electron chi connectivity index (χ1n) is 29.2. The summed E-state index contributed by atoms with van der Waals surface area (Å²) < 4.78 is 16.9. The van der Waals surface area contributed by atoms with Crippen molar-refractivity contribution < 1.29 is 28.6 Å². The van der Waals surface area contributed by atoms with Crippen LogP contribution in [0, 0.1) is 0 Å². The van der Waals surface area contributed by atoms with Crippen LogP contribution in [0.4, 0.5) is 0 Å². The maximum Gasteiger partial charge on any atom is 0.306 e. The predicted molar refractivity (Wildman–Crippen MR) is 280 cm³/mol. The van der Waals surface area contributed by atoms with Crippen molar-refractivity contribution in [2.24, 2.45) is 0 Å². The molecule has 0 amide bonds. The zero-order valence-electron chi connectivity index (χ0n) is 44.0. The van der Waals surface area contributed by atoms with Gasteiger partial charge in [-0.1, -0.05) is 277 Å².